The van der Waals surface area contributed by atoms with Crippen molar-refractivity contribution in [3.8, 4) is 5.75 Å². The van der Waals surface area contributed by atoms with Crippen molar-refractivity contribution in [3.63, 3.8) is 0 Å². The van der Waals surface area contributed by atoms with E-state index < -0.39 is 66.2 Å². The molecule has 15 heteroatoms. The average molecular weight is 638 g/mol. The molecule has 0 unspecified atom stereocenters. The maximum absolute atomic E-state index is 13.1. The summed E-state index contributed by atoms with van der Waals surface area (Å²) in [6, 6.07) is 10.4. The Labute approximate surface area is 259 Å². The molecule has 0 aromatic heterocycles. The molecule has 2 atom stereocenters. The van der Waals surface area contributed by atoms with Gasteiger partial charge in [0, 0.05) is 31.0 Å². The van der Waals surface area contributed by atoms with Crippen molar-refractivity contribution in [2.75, 3.05) is 34.2 Å². The van der Waals surface area contributed by atoms with Gasteiger partial charge in [0.2, 0.25) is 23.6 Å². The molecule has 6 N–H and O–H groups in total. The van der Waals surface area contributed by atoms with Crippen LogP contribution in [-0.4, -0.2) is 82.2 Å². The van der Waals surface area contributed by atoms with Gasteiger partial charge in [-0.1, -0.05) is 44.2 Å². The molecule has 0 saturated carbocycles. The lowest BCUT2D eigenvalue weighted by Gasteiger charge is -2.26. The fraction of sp³-hybridized carbons (Fsp3) is 0.433. The Kier molecular flexibility index (Phi) is 12.9. The van der Waals surface area contributed by atoms with E-state index >= 15 is 0 Å². The highest BCUT2D eigenvalue weighted by atomic mass is 19.4. The van der Waals surface area contributed by atoms with E-state index in [1.165, 1.54) is 12.1 Å². The van der Waals surface area contributed by atoms with Crippen LogP contribution in [0.4, 0.5) is 18.9 Å². The Balaban J connectivity index is 2.05. The first kappa shape index (κ1) is 36.5. The zero-order valence-electron chi connectivity index (χ0n) is 25.8. The minimum Gasteiger partial charge on any atom is -0.399 e. The summed E-state index contributed by atoms with van der Waals surface area (Å²) >= 11 is 0. The lowest BCUT2D eigenvalue weighted by Crippen LogP contribution is -2.51. The van der Waals surface area contributed by atoms with E-state index in [4.69, 9.17) is 5.73 Å². The molecule has 0 aliphatic carbocycles. The third-order valence-electron chi connectivity index (χ3n) is 6.43. The second-order valence-corrected chi connectivity index (χ2v) is 11.5. The standard InChI is InChI=1S/C30H39F3N6O6/c1-18(2)26(38-27(42)20-11-12-22(39(3,4)5)23(16-20)45-30(31,32)33)29(44)35-14-13-25(41)37-21(28(43)36-17-24(34)40)15-19-9-7-6-8-10-19/h6-12,16,18,21,26H,13-15,17H2,1-5H3,(H5-,34,35,36,37,38,40,41,42,43,44)/p+1/t21-,26-/m0/s1. The number of halogens is 3. The molecular formula is C30H40F3N6O6+. The maximum atomic E-state index is 13.1. The van der Waals surface area contributed by atoms with E-state index in [1.807, 2.05) is 0 Å². The van der Waals surface area contributed by atoms with Gasteiger partial charge in [0.15, 0.2) is 11.4 Å². The number of nitrogens with two attached hydrogens (primary N) is 1. The van der Waals surface area contributed by atoms with Crippen molar-refractivity contribution < 1.29 is 41.9 Å². The van der Waals surface area contributed by atoms with E-state index in [-0.39, 0.29) is 35.1 Å². The first-order valence-corrected chi connectivity index (χ1v) is 14.1. The van der Waals surface area contributed by atoms with Crippen LogP contribution in [0.3, 0.4) is 0 Å². The molecule has 0 saturated heterocycles. The van der Waals surface area contributed by atoms with Crippen LogP contribution < -0.4 is 36.2 Å². The van der Waals surface area contributed by atoms with E-state index in [2.05, 4.69) is 26.0 Å². The monoisotopic (exact) mass is 637 g/mol. The number of primary amides is 1. The number of ether oxygens (including phenoxy) is 1. The number of rotatable bonds is 15. The summed E-state index contributed by atoms with van der Waals surface area (Å²) in [6.45, 7) is 2.77. The number of nitrogens with zero attached hydrogens (tertiary/aromatic N) is 1. The number of quaternary nitrogens is 1. The van der Waals surface area contributed by atoms with Crippen molar-refractivity contribution in [2.24, 2.45) is 11.7 Å². The Morgan fingerprint density at radius 1 is 0.911 bits per heavy atom. The largest absolute Gasteiger partial charge is 0.573 e. The summed E-state index contributed by atoms with van der Waals surface area (Å²) in [7, 11) is 4.92. The third-order valence-corrected chi connectivity index (χ3v) is 6.43. The normalized spacial score (nSPS) is 12.9. The van der Waals surface area contributed by atoms with E-state index in [1.54, 1.807) is 65.3 Å². The highest BCUT2D eigenvalue weighted by molar-refractivity contribution is 5.98. The molecule has 0 radical (unpaired) electrons. The zero-order valence-corrected chi connectivity index (χ0v) is 25.8. The molecule has 2 aromatic carbocycles. The summed E-state index contributed by atoms with van der Waals surface area (Å²) in [5.41, 5.74) is 5.88. The van der Waals surface area contributed by atoms with Gasteiger partial charge >= 0.3 is 6.36 Å². The highest BCUT2D eigenvalue weighted by Crippen LogP contribution is 2.35. The SMILES string of the molecule is CC(C)[C@H](NC(=O)c1ccc([N+](C)(C)C)c(OC(F)(F)F)c1)C(=O)NCCC(=O)N[C@@H](Cc1ccccc1)C(=O)NCC(N)=O. The van der Waals surface area contributed by atoms with E-state index in [9.17, 15) is 37.1 Å². The van der Waals surface area contributed by atoms with E-state index in [0.717, 1.165) is 11.6 Å². The number of carbonyl (C=O) groups is 5. The predicted octanol–water partition coefficient (Wildman–Crippen LogP) is 1.37. The Bertz CT molecular complexity index is 1360. The zero-order chi connectivity index (χ0) is 33.9. The van der Waals surface area contributed by atoms with Crippen LogP contribution in [-0.2, 0) is 25.6 Å². The number of carbonyl (C=O) groups excluding carboxylic acids is 5. The van der Waals surface area contributed by atoms with Gasteiger partial charge in [-0.05, 0) is 23.6 Å². The van der Waals surface area contributed by atoms with Crippen LogP contribution in [0.1, 0.15) is 36.2 Å². The summed E-state index contributed by atoms with van der Waals surface area (Å²) in [4.78, 5) is 62.3. The highest BCUT2D eigenvalue weighted by Gasteiger charge is 2.35. The van der Waals surface area contributed by atoms with Crippen molar-refractivity contribution in [1.82, 2.24) is 25.8 Å². The van der Waals surface area contributed by atoms with Crippen LogP contribution in [0.2, 0.25) is 0 Å². The van der Waals surface area contributed by atoms with Crippen LogP contribution >= 0.6 is 0 Å². The predicted molar refractivity (Wildman–Crippen MR) is 161 cm³/mol. The second-order valence-electron chi connectivity index (χ2n) is 11.5. The summed E-state index contributed by atoms with van der Waals surface area (Å²) in [5.74, 6) is -4.33. The van der Waals surface area contributed by atoms with Gasteiger partial charge in [-0.2, -0.15) is 0 Å². The van der Waals surface area contributed by atoms with Gasteiger partial charge in [0.25, 0.3) is 5.91 Å². The summed E-state index contributed by atoms with van der Waals surface area (Å²) < 4.78 is 43.3. The molecule has 2 aromatic rings. The lowest BCUT2D eigenvalue weighted by molar-refractivity contribution is -0.274. The maximum Gasteiger partial charge on any atom is 0.573 e. The lowest BCUT2D eigenvalue weighted by atomic mass is 10.0. The molecule has 2 rings (SSSR count). The Hall–Kier alpha value is -4.66. The Morgan fingerprint density at radius 3 is 2.11 bits per heavy atom. The molecule has 0 aliphatic heterocycles. The second kappa shape index (κ2) is 15.9. The number of alkyl halides is 3. The van der Waals surface area contributed by atoms with Crippen molar-refractivity contribution >= 4 is 35.2 Å². The molecule has 45 heavy (non-hydrogen) atoms. The third kappa shape index (κ3) is 12.5. The quantitative estimate of drug-likeness (QED) is 0.185. The van der Waals surface area contributed by atoms with Crippen LogP contribution in [0.15, 0.2) is 48.5 Å². The molecule has 12 nitrogen and oxygen atoms in total. The fourth-order valence-corrected chi connectivity index (χ4v) is 4.21. The van der Waals surface area contributed by atoms with Crippen molar-refractivity contribution in [1.29, 1.82) is 0 Å². The van der Waals surface area contributed by atoms with Crippen LogP contribution in [0, 0.1) is 5.92 Å². The van der Waals surface area contributed by atoms with Gasteiger partial charge in [-0.15, -0.1) is 13.2 Å². The fourth-order valence-electron chi connectivity index (χ4n) is 4.21. The topological polar surface area (TPSA) is 169 Å². The first-order valence-electron chi connectivity index (χ1n) is 14.1. The first-order chi connectivity index (χ1) is 20.9. The van der Waals surface area contributed by atoms with Crippen molar-refractivity contribution in [3.05, 3.63) is 59.7 Å². The number of nitrogens with one attached hydrogen (secondary N) is 4. The van der Waals surface area contributed by atoms with Crippen LogP contribution in [0.25, 0.3) is 0 Å². The number of benzene rings is 2. The molecule has 0 aliphatic rings. The number of amides is 5. The number of hydrogen-bond donors (Lipinski definition) is 5. The van der Waals surface area contributed by atoms with Gasteiger partial charge < -0.3 is 31.7 Å². The summed E-state index contributed by atoms with van der Waals surface area (Å²) in [5, 5.41) is 10.0. The molecule has 0 fully saturated rings. The minimum absolute atomic E-state index is 0.0109. The van der Waals surface area contributed by atoms with Gasteiger partial charge in [0.1, 0.15) is 12.1 Å². The van der Waals surface area contributed by atoms with Crippen molar-refractivity contribution in [2.45, 2.75) is 45.1 Å². The van der Waals surface area contributed by atoms with Gasteiger partial charge in [-0.3, -0.25) is 28.5 Å². The molecule has 0 spiro atoms. The molecule has 0 heterocycles. The molecular weight excluding hydrogens is 597 g/mol. The smallest absolute Gasteiger partial charge is 0.399 e. The summed E-state index contributed by atoms with van der Waals surface area (Å²) in [6.07, 6.45) is -5.07. The number of hydrogen-bond acceptors (Lipinski definition) is 6. The van der Waals surface area contributed by atoms with Crippen LogP contribution in [0.5, 0.6) is 5.75 Å². The van der Waals surface area contributed by atoms with E-state index in [0.29, 0.717) is 0 Å². The minimum atomic E-state index is -4.99. The van der Waals surface area contributed by atoms with Gasteiger partial charge in [-0.25, -0.2) is 0 Å². The molecule has 0 bridgehead atoms. The average Bonchev–Trinajstić information content (AvgIpc) is 2.92. The molecule has 246 valence electrons. The Morgan fingerprint density at radius 2 is 1.56 bits per heavy atom. The van der Waals surface area contributed by atoms with Gasteiger partial charge in [0.05, 0.1) is 27.7 Å². The molecule has 5 amide bonds.